The number of halogens is 1. The zero-order valence-electron chi connectivity index (χ0n) is 9.37. The second-order valence-corrected chi connectivity index (χ2v) is 4.67. The lowest BCUT2D eigenvalue weighted by atomic mass is 10.0. The maximum atomic E-state index is 10.9. The Bertz CT molecular complexity index is 382. The number of nitrogens with one attached hydrogen (secondary N) is 1. The molecule has 5 heteroatoms. The van der Waals surface area contributed by atoms with Gasteiger partial charge in [-0.05, 0) is 32.9 Å². The van der Waals surface area contributed by atoms with Crippen LogP contribution in [0.5, 0.6) is 0 Å². The average Bonchev–Trinajstić information content (AvgIpc) is 2.26. The number of hydrogen-bond donors (Lipinski definition) is 1. The minimum absolute atomic E-state index is 0.192. The Morgan fingerprint density at radius 2 is 2.25 bits per heavy atom. The second kappa shape index (κ2) is 5.96. The summed E-state index contributed by atoms with van der Waals surface area (Å²) in [5.74, 6) is 0. The van der Waals surface area contributed by atoms with Gasteiger partial charge in [0.25, 0.3) is 5.69 Å². The first-order valence-corrected chi connectivity index (χ1v) is 5.94. The number of nitrogens with zero attached hydrogens (tertiary/aromatic N) is 1. The predicted octanol–water partition coefficient (Wildman–Crippen LogP) is 2.90. The van der Waals surface area contributed by atoms with Gasteiger partial charge in [-0.25, -0.2) is 0 Å². The van der Waals surface area contributed by atoms with Crippen LogP contribution in [0, 0.1) is 10.1 Å². The zero-order chi connectivity index (χ0) is 12.1. The van der Waals surface area contributed by atoms with Crippen molar-refractivity contribution < 1.29 is 4.92 Å². The summed E-state index contributed by atoms with van der Waals surface area (Å²) in [6, 6.07) is 5.57. The molecular formula is C11H15BrN2O2. The third-order valence-corrected chi connectivity index (χ3v) is 3.08. The van der Waals surface area contributed by atoms with Crippen molar-refractivity contribution in [2.45, 2.75) is 25.8 Å². The largest absolute Gasteiger partial charge is 0.317 e. The minimum atomic E-state index is -0.329. The highest BCUT2D eigenvalue weighted by Crippen LogP contribution is 2.24. The second-order valence-electron chi connectivity index (χ2n) is 3.76. The van der Waals surface area contributed by atoms with Gasteiger partial charge >= 0.3 is 0 Å². The number of nitro groups is 1. The highest BCUT2D eigenvalue weighted by atomic mass is 79.9. The molecule has 0 saturated heterocycles. The highest BCUT2D eigenvalue weighted by Gasteiger charge is 2.14. The Labute approximate surface area is 103 Å². The van der Waals surface area contributed by atoms with Gasteiger partial charge in [-0.15, -0.1) is 0 Å². The molecule has 16 heavy (non-hydrogen) atoms. The molecular weight excluding hydrogens is 272 g/mol. The fourth-order valence-corrected chi connectivity index (χ4v) is 1.78. The molecule has 1 atom stereocenters. The maximum Gasteiger partial charge on any atom is 0.273 e. The number of benzene rings is 1. The first-order chi connectivity index (χ1) is 7.54. The van der Waals surface area contributed by atoms with Crippen LogP contribution in [-0.2, 0) is 6.42 Å². The maximum absolute atomic E-state index is 10.9. The van der Waals surface area contributed by atoms with Crippen LogP contribution in [-0.4, -0.2) is 18.0 Å². The van der Waals surface area contributed by atoms with Crippen molar-refractivity contribution in [3.8, 4) is 0 Å². The molecule has 0 aliphatic rings. The molecule has 88 valence electrons. The molecule has 1 unspecified atom stereocenters. The van der Waals surface area contributed by atoms with Crippen LogP contribution >= 0.6 is 15.9 Å². The van der Waals surface area contributed by atoms with Gasteiger partial charge in [0.05, 0.1) is 4.92 Å². The highest BCUT2D eigenvalue weighted by molar-refractivity contribution is 9.10. The summed E-state index contributed by atoms with van der Waals surface area (Å²) in [4.78, 5) is 10.5. The zero-order valence-corrected chi connectivity index (χ0v) is 11.0. The molecule has 0 aliphatic carbocycles. The quantitative estimate of drug-likeness (QED) is 0.669. The van der Waals surface area contributed by atoms with E-state index in [9.17, 15) is 10.1 Å². The molecule has 4 nitrogen and oxygen atoms in total. The van der Waals surface area contributed by atoms with Gasteiger partial charge in [0.2, 0.25) is 0 Å². The van der Waals surface area contributed by atoms with Crippen LogP contribution in [0.25, 0.3) is 0 Å². The third kappa shape index (κ3) is 3.57. The van der Waals surface area contributed by atoms with E-state index in [-0.39, 0.29) is 10.6 Å². The average molecular weight is 287 g/mol. The molecule has 0 aliphatic heterocycles. The summed E-state index contributed by atoms with van der Waals surface area (Å²) < 4.78 is 0.740. The Hall–Kier alpha value is -0.940. The molecule has 1 rings (SSSR count). The van der Waals surface area contributed by atoms with Gasteiger partial charge in [-0.1, -0.05) is 22.0 Å². The first-order valence-electron chi connectivity index (χ1n) is 5.14. The predicted molar refractivity (Wildman–Crippen MR) is 67.6 cm³/mol. The normalized spacial score (nSPS) is 12.4. The Balaban J connectivity index is 2.82. The molecule has 0 aromatic heterocycles. The van der Waals surface area contributed by atoms with Gasteiger partial charge in [-0.2, -0.15) is 0 Å². The lowest BCUT2D eigenvalue weighted by molar-refractivity contribution is -0.385. The van der Waals surface area contributed by atoms with Crippen LogP contribution in [0.3, 0.4) is 0 Å². The molecule has 0 heterocycles. The Morgan fingerprint density at radius 3 is 2.81 bits per heavy atom. The summed E-state index contributed by atoms with van der Waals surface area (Å²) >= 11 is 3.24. The molecule has 0 amide bonds. The molecule has 1 aromatic carbocycles. The van der Waals surface area contributed by atoms with E-state index in [1.54, 1.807) is 6.07 Å². The topological polar surface area (TPSA) is 55.2 Å². The summed E-state index contributed by atoms with van der Waals surface area (Å²) in [5, 5.41) is 14.0. The van der Waals surface area contributed by atoms with E-state index in [0.29, 0.717) is 12.5 Å². The van der Waals surface area contributed by atoms with Crippen molar-refractivity contribution in [3.05, 3.63) is 38.3 Å². The van der Waals surface area contributed by atoms with E-state index in [1.807, 2.05) is 19.2 Å². The standard InChI is InChI=1S/C11H15BrN2O2/c1-8(13-2)3-4-9-5-6-10(12)7-11(9)14(15)16/h5-8,13H,3-4H2,1-2H3. The monoisotopic (exact) mass is 286 g/mol. The van der Waals surface area contributed by atoms with E-state index in [4.69, 9.17) is 0 Å². The summed E-state index contributed by atoms with van der Waals surface area (Å²) in [7, 11) is 1.89. The van der Waals surface area contributed by atoms with Gasteiger partial charge < -0.3 is 5.32 Å². The molecule has 0 bridgehead atoms. The first kappa shape index (κ1) is 13.1. The van der Waals surface area contributed by atoms with E-state index in [0.717, 1.165) is 16.5 Å². The fourth-order valence-electron chi connectivity index (χ4n) is 1.43. The summed E-state index contributed by atoms with van der Waals surface area (Å²) in [5.41, 5.74) is 0.980. The molecule has 0 fully saturated rings. The van der Waals surface area contributed by atoms with Crippen molar-refractivity contribution in [2.75, 3.05) is 7.05 Å². The number of rotatable bonds is 5. The summed E-state index contributed by atoms with van der Waals surface area (Å²) in [6.45, 7) is 2.06. The number of hydrogen-bond acceptors (Lipinski definition) is 3. The minimum Gasteiger partial charge on any atom is -0.317 e. The van der Waals surface area contributed by atoms with Crippen LogP contribution in [0.4, 0.5) is 5.69 Å². The SMILES string of the molecule is CNC(C)CCc1ccc(Br)cc1[N+](=O)[O-]. The van der Waals surface area contributed by atoms with Crippen molar-refractivity contribution in [3.63, 3.8) is 0 Å². The molecule has 0 saturated carbocycles. The molecule has 0 spiro atoms. The van der Waals surface area contributed by atoms with Crippen molar-refractivity contribution in [1.29, 1.82) is 0 Å². The van der Waals surface area contributed by atoms with Crippen molar-refractivity contribution >= 4 is 21.6 Å². The molecule has 1 N–H and O–H groups in total. The molecule has 0 radical (unpaired) electrons. The van der Waals surface area contributed by atoms with Crippen LogP contribution in [0.2, 0.25) is 0 Å². The number of aryl methyl sites for hydroxylation is 1. The lowest BCUT2D eigenvalue weighted by Crippen LogP contribution is -2.21. The van der Waals surface area contributed by atoms with Crippen LogP contribution in [0.15, 0.2) is 22.7 Å². The van der Waals surface area contributed by atoms with E-state index < -0.39 is 0 Å². The Morgan fingerprint density at radius 1 is 1.56 bits per heavy atom. The van der Waals surface area contributed by atoms with Crippen LogP contribution in [0.1, 0.15) is 18.9 Å². The van der Waals surface area contributed by atoms with Gasteiger partial charge in [0.1, 0.15) is 0 Å². The van der Waals surface area contributed by atoms with E-state index in [1.165, 1.54) is 0 Å². The third-order valence-electron chi connectivity index (χ3n) is 2.58. The number of nitro benzene ring substituents is 1. The Kier molecular flexibility index (Phi) is 4.89. The lowest BCUT2D eigenvalue weighted by Gasteiger charge is -2.09. The van der Waals surface area contributed by atoms with Crippen molar-refractivity contribution in [2.24, 2.45) is 0 Å². The smallest absolute Gasteiger partial charge is 0.273 e. The fraction of sp³-hybridized carbons (Fsp3) is 0.455. The van der Waals surface area contributed by atoms with Gasteiger partial charge in [0.15, 0.2) is 0 Å². The van der Waals surface area contributed by atoms with E-state index >= 15 is 0 Å². The van der Waals surface area contributed by atoms with E-state index in [2.05, 4.69) is 28.2 Å². The summed E-state index contributed by atoms with van der Waals surface area (Å²) in [6.07, 6.45) is 1.60. The van der Waals surface area contributed by atoms with Gasteiger partial charge in [0, 0.05) is 22.1 Å². The molecule has 1 aromatic rings. The van der Waals surface area contributed by atoms with Gasteiger partial charge in [-0.3, -0.25) is 10.1 Å². The van der Waals surface area contributed by atoms with Crippen LogP contribution < -0.4 is 5.32 Å². The van der Waals surface area contributed by atoms with Crippen molar-refractivity contribution in [1.82, 2.24) is 5.32 Å².